The number of hydrogen-bond donors (Lipinski definition) is 2. The van der Waals surface area contributed by atoms with Crippen molar-refractivity contribution in [1.82, 2.24) is 0 Å². The summed E-state index contributed by atoms with van der Waals surface area (Å²) < 4.78 is 10.5. The van der Waals surface area contributed by atoms with Crippen LogP contribution in [0.15, 0.2) is 34.2 Å². The van der Waals surface area contributed by atoms with Gasteiger partial charge in [-0.25, -0.2) is 4.79 Å². The van der Waals surface area contributed by atoms with Crippen molar-refractivity contribution in [3.8, 4) is 0 Å². The number of carbonyl (C=O) groups is 2. The van der Waals surface area contributed by atoms with Crippen molar-refractivity contribution in [2.75, 3.05) is 0 Å². The molecule has 0 aromatic carbocycles. The maximum Gasteiger partial charge on any atom is 0.334 e. The molecule has 0 spiro atoms. The lowest BCUT2D eigenvalue weighted by Crippen LogP contribution is -2.59. The number of carbonyl (C=O) groups excluding carboxylic acids is 2. The van der Waals surface area contributed by atoms with Crippen LogP contribution in [0.25, 0.3) is 0 Å². The van der Waals surface area contributed by atoms with Crippen LogP contribution in [0.3, 0.4) is 0 Å². The van der Waals surface area contributed by atoms with E-state index in [2.05, 4.69) is 0 Å². The summed E-state index contributed by atoms with van der Waals surface area (Å²) in [6.45, 7) is 5.09. The SMILES string of the molecule is CC(CC[C@@]1(C)C(=O)CC[C@H](O)[C@]1(C)O)=C1C[C@@H](c2ccoc2)OC1=O. The summed E-state index contributed by atoms with van der Waals surface area (Å²) in [7, 11) is 0. The molecule has 2 N–H and O–H groups in total. The van der Waals surface area contributed by atoms with Crippen molar-refractivity contribution in [2.24, 2.45) is 5.41 Å². The predicted molar refractivity (Wildman–Crippen MR) is 93.1 cm³/mol. The van der Waals surface area contributed by atoms with Gasteiger partial charge < -0.3 is 19.4 Å². The number of cyclic esters (lactones) is 1. The van der Waals surface area contributed by atoms with Gasteiger partial charge in [-0.15, -0.1) is 0 Å². The Labute approximate surface area is 152 Å². The van der Waals surface area contributed by atoms with Gasteiger partial charge in [0.25, 0.3) is 0 Å². The molecule has 0 radical (unpaired) electrons. The molecule has 26 heavy (non-hydrogen) atoms. The minimum absolute atomic E-state index is 0.0455. The van der Waals surface area contributed by atoms with Crippen LogP contribution < -0.4 is 0 Å². The maximum atomic E-state index is 12.5. The Kier molecular flexibility index (Phi) is 4.84. The van der Waals surface area contributed by atoms with Crippen molar-refractivity contribution in [3.05, 3.63) is 35.3 Å². The van der Waals surface area contributed by atoms with E-state index in [0.29, 0.717) is 24.8 Å². The number of rotatable bonds is 4. The van der Waals surface area contributed by atoms with E-state index in [1.54, 1.807) is 25.5 Å². The molecule has 1 saturated heterocycles. The van der Waals surface area contributed by atoms with Crippen LogP contribution >= 0.6 is 0 Å². The van der Waals surface area contributed by atoms with E-state index >= 15 is 0 Å². The number of furan rings is 1. The summed E-state index contributed by atoms with van der Waals surface area (Å²) in [4.78, 5) is 24.7. The summed E-state index contributed by atoms with van der Waals surface area (Å²) in [6.07, 6.45) is 3.69. The van der Waals surface area contributed by atoms with E-state index in [-0.39, 0.29) is 30.7 Å². The molecule has 1 aliphatic heterocycles. The second-order valence-corrected chi connectivity index (χ2v) is 7.87. The van der Waals surface area contributed by atoms with Crippen LogP contribution in [0.4, 0.5) is 0 Å². The van der Waals surface area contributed by atoms with E-state index in [1.807, 2.05) is 6.92 Å². The Balaban J connectivity index is 1.75. The van der Waals surface area contributed by atoms with Gasteiger partial charge in [0.05, 0.1) is 29.6 Å². The van der Waals surface area contributed by atoms with Gasteiger partial charge in [-0.2, -0.15) is 0 Å². The molecule has 0 amide bonds. The minimum Gasteiger partial charge on any atom is -0.472 e. The van der Waals surface area contributed by atoms with Crippen LogP contribution in [0, 0.1) is 5.41 Å². The Morgan fingerprint density at radius 3 is 2.73 bits per heavy atom. The van der Waals surface area contributed by atoms with E-state index in [9.17, 15) is 19.8 Å². The fourth-order valence-electron chi connectivity index (χ4n) is 3.96. The number of ketones is 1. The quantitative estimate of drug-likeness (QED) is 0.631. The van der Waals surface area contributed by atoms with Crippen LogP contribution in [0.5, 0.6) is 0 Å². The average molecular weight is 362 g/mol. The lowest BCUT2D eigenvalue weighted by atomic mass is 9.60. The summed E-state index contributed by atoms with van der Waals surface area (Å²) in [5.74, 6) is -0.392. The molecule has 2 aliphatic rings. The van der Waals surface area contributed by atoms with Gasteiger partial charge in [-0.1, -0.05) is 5.57 Å². The van der Waals surface area contributed by atoms with Crippen molar-refractivity contribution in [2.45, 2.75) is 70.7 Å². The van der Waals surface area contributed by atoms with Crippen molar-refractivity contribution in [1.29, 1.82) is 0 Å². The first-order valence-corrected chi connectivity index (χ1v) is 9.02. The van der Waals surface area contributed by atoms with E-state index < -0.39 is 17.1 Å². The van der Waals surface area contributed by atoms with Gasteiger partial charge in [-0.3, -0.25) is 4.79 Å². The molecule has 1 aliphatic carbocycles. The molecule has 1 saturated carbocycles. The van der Waals surface area contributed by atoms with Crippen LogP contribution in [0.2, 0.25) is 0 Å². The predicted octanol–water partition coefficient (Wildman–Crippen LogP) is 2.85. The fourth-order valence-corrected chi connectivity index (χ4v) is 3.96. The van der Waals surface area contributed by atoms with Gasteiger partial charge in [0.1, 0.15) is 11.9 Å². The van der Waals surface area contributed by atoms with E-state index in [0.717, 1.165) is 11.1 Å². The standard InChI is InChI=1S/C20H26O6/c1-12(14-10-15(26-18(14)23)13-7-9-25-11-13)6-8-19(2)16(21)4-5-17(22)20(19,3)24/h7,9,11,15,17,22,24H,4-6,8,10H2,1-3H3/t15-,17-,19-,20-/m0/s1. The highest BCUT2D eigenvalue weighted by atomic mass is 16.5. The molecule has 6 heteroatoms. The van der Waals surface area contributed by atoms with Gasteiger partial charge in [0, 0.05) is 24.0 Å². The molecule has 2 fully saturated rings. The minimum atomic E-state index is -1.48. The van der Waals surface area contributed by atoms with Crippen LogP contribution in [-0.2, 0) is 14.3 Å². The van der Waals surface area contributed by atoms with E-state index in [4.69, 9.17) is 9.15 Å². The molecular formula is C20H26O6. The molecular weight excluding hydrogens is 336 g/mol. The van der Waals surface area contributed by atoms with Crippen LogP contribution in [-0.4, -0.2) is 33.7 Å². The molecule has 0 bridgehead atoms. The monoisotopic (exact) mass is 362 g/mol. The van der Waals surface area contributed by atoms with Gasteiger partial charge in [0.15, 0.2) is 0 Å². The van der Waals surface area contributed by atoms with Gasteiger partial charge in [0.2, 0.25) is 0 Å². The second kappa shape index (κ2) is 6.67. The van der Waals surface area contributed by atoms with E-state index in [1.165, 1.54) is 6.92 Å². The number of ether oxygens (including phenoxy) is 1. The number of hydrogen-bond acceptors (Lipinski definition) is 6. The van der Waals surface area contributed by atoms with Crippen molar-refractivity contribution < 1.29 is 29.0 Å². The number of aliphatic hydroxyl groups is 2. The van der Waals surface area contributed by atoms with Gasteiger partial charge in [-0.05, 0) is 46.1 Å². The first-order valence-electron chi connectivity index (χ1n) is 9.02. The highest BCUT2D eigenvalue weighted by Crippen LogP contribution is 2.46. The Morgan fingerprint density at radius 2 is 2.08 bits per heavy atom. The first kappa shape index (κ1) is 18.9. The summed E-state index contributed by atoms with van der Waals surface area (Å²) in [6, 6.07) is 1.77. The first-order chi connectivity index (χ1) is 12.2. The zero-order valence-corrected chi connectivity index (χ0v) is 15.4. The average Bonchev–Trinajstić information content (AvgIpc) is 3.24. The number of Topliss-reactive ketones (excluding diaryl/α,β-unsaturated/α-hetero) is 1. The van der Waals surface area contributed by atoms with Crippen molar-refractivity contribution in [3.63, 3.8) is 0 Å². The largest absolute Gasteiger partial charge is 0.472 e. The topological polar surface area (TPSA) is 97.0 Å². The summed E-state index contributed by atoms with van der Waals surface area (Å²) >= 11 is 0. The molecule has 6 nitrogen and oxygen atoms in total. The van der Waals surface area contributed by atoms with Crippen LogP contribution in [0.1, 0.15) is 64.5 Å². The normalized spacial score (nSPS) is 37.0. The molecule has 2 heterocycles. The third-order valence-electron chi connectivity index (χ3n) is 6.34. The summed E-state index contributed by atoms with van der Waals surface area (Å²) in [5.41, 5.74) is -0.238. The third kappa shape index (κ3) is 3.01. The molecule has 1 aromatic heterocycles. The van der Waals surface area contributed by atoms with Crippen molar-refractivity contribution >= 4 is 11.8 Å². The third-order valence-corrected chi connectivity index (χ3v) is 6.34. The molecule has 3 rings (SSSR count). The molecule has 0 unspecified atom stereocenters. The Bertz CT molecular complexity index is 729. The highest BCUT2D eigenvalue weighted by Gasteiger charge is 2.55. The Morgan fingerprint density at radius 1 is 1.35 bits per heavy atom. The lowest BCUT2D eigenvalue weighted by molar-refractivity contribution is -0.180. The number of aliphatic hydroxyl groups excluding tert-OH is 1. The second-order valence-electron chi connectivity index (χ2n) is 7.87. The zero-order chi connectivity index (χ0) is 19.1. The smallest absolute Gasteiger partial charge is 0.334 e. The molecule has 142 valence electrons. The lowest BCUT2D eigenvalue weighted by Gasteiger charge is -2.48. The Hall–Kier alpha value is -1.92. The number of esters is 1. The number of allylic oxidation sites excluding steroid dienone is 1. The fraction of sp³-hybridized carbons (Fsp3) is 0.600. The highest BCUT2D eigenvalue weighted by molar-refractivity contribution is 5.91. The maximum absolute atomic E-state index is 12.5. The summed E-state index contributed by atoms with van der Waals surface area (Å²) in [5, 5.41) is 20.9. The zero-order valence-electron chi connectivity index (χ0n) is 15.4. The molecule has 1 aromatic rings. The van der Waals surface area contributed by atoms with Gasteiger partial charge >= 0.3 is 5.97 Å². The molecule has 4 atom stereocenters.